The van der Waals surface area contributed by atoms with E-state index in [0.717, 1.165) is 19.6 Å². The first kappa shape index (κ1) is 24.4. The summed E-state index contributed by atoms with van der Waals surface area (Å²) in [5.74, 6) is 0.00245. The first-order valence-electron chi connectivity index (χ1n) is 7.72. The zero-order valence-electron chi connectivity index (χ0n) is 14.6. The van der Waals surface area contributed by atoms with Crippen molar-refractivity contribution >= 4 is 30.7 Å². The smallest absolute Gasteiger partial charge is 0.227 e. The number of amides is 1. The van der Waals surface area contributed by atoms with Crippen LogP contribution in [0, 0.1) is 5.41 Å². The average molecular weight is 364 g/mol. The van der Waals surface area contributed by atoms with E-state index >= 15 is 0 Å². The van der Waals surface area contributed by atoms with Crippen LogP contribution < -0.4 is 11.1 Å². The van der Waals surface area contributed by atoms with Gasteiger partial charge in [0.15, 0.2) is 0 Å². The number of carbonyl (C=O) groups excluding carboxylic acids is 1. The summed E-state index contributed by atoms with van der Waals surface area (Å²) in [6, 6.07) is 8.28. The Balaban J connectivity index is 0. The summed E-state index contributed by atoms with van der Waals surface area (Å²) in [4.78, 5) is 14.5. The minimum Gasteiger partial charge on any atom is -0.352 e. The maximum atomic E-state index is 12.1. The molecule has 1 aromatic rings. The minimum atomic E-state index is -0.520. The summed E-state index contributed by atoms with van der Waals surface area (Å²) in [6.45, 7) is 11.9. The molecule has 0 atom stereocenters. The van der Waals surface area contributed by atoms with Gasteiger partial charge >= 0.3 is 0 Å². The van der Waals surface area contributed by atoms with Gasteiger partial charge in [0.25, 0.3) is 0 Å². The van der Waals surface area contributed by atoms with Crippen molar-refractivity contribution < 1.29 is 4.79 Å². The zero-order valence-corrected chi connectivity index (χ0v) is 16.2. The van der Waals surface area contributed by atoms with Crippen LogP contribution >= 0.6 is 24.8 Å². The Morgan fingerprint density at radius 3 is 2.13 bits per heavy atom. The second-order valence-electron chi connectivity index (χ2n) is 6.00. The molecule has 0 heterocycles. The Kier molecular flexibility index (Phi) is 12.4. The fraction of sp³-hybridized carbons (Fsp3) is 0.588. The molecule has 0 unspecified atom stereocenters. The summed E-state index contributed by atoms with van der Waals surface area (Å²) in [5.41, 5.74) is 7.56. The lowest BCUT2D eigenvalue weighted by Crippen LogP contribution is -2.41. The van der Waals surface area contributed by atoms with Crippen LogP contribution in [0.2, 0.25) is 0 Å². The molecule has 0 saturated heterocycles. The van der Waals surface area contributed by atoms with Crippen molar-refractivity contribution in [3.63, 3.8) is 0 Å². The molecule has 0 spiro atoms. The van der Waals surface area contributed by atoms with E-state index in [9.17, 15) is 4.79 Å². The predicted octanol–water partition coefficient (Wildman–Crippen LogP) is 2.97. The van der Waals surface area contributed by atoms with E-state index in [1.807, 2.05) is 26.0 Å². The van der Waals surface area contributed by atoms with Crippen LogP contribution in [0.4, 0.5) is 0 Å². The van der Waals surface area contributed by atoms with Crippen molar-refractivity contribution in [1.29, 1.82) is 0 Å². The number of halogens is 2. The monoisotopic (exact) mass is 363 g/mol. The first-order valence-corrected chi connectivity index (χ1v) is 7.72. The van der Waals surface area contributed by atoms with E-state index in [0.29, 0.717) is 13.1 Å². The molecule has 4 nitrogen and oxygen atoms in total. The van der Waals surface area contributed by atoms with Crippen LogP contribution in [-0.2, 0) is 17.9 Å². The molecular formula is C17H31Cl2N3O. The molecule has 0 bridgehead atoms. The van der Waals surface area contributed by atoms with Crippen LogP contribution in [-0.4, -0.2) is 30.4 Å². The molecule has 0 aliphatic heterocycles. The fourth-order valence-electron chi connectivity index (χ4n) is 2.08. The molecule has 1 aromatic carbocycles. The van der Waals surface area contributed by atoms with Gasteiger partial charge in [-0.15, -0.1) is 24.8 Å². The molecule has 0 aliphatic rings. The van der Waals surface area contributed by atoms with E-state index in [1.165, 1.54) is 11.1 Å². The van der Waals surface area contributed by atoms with Gasteiger partial charge in [0, 0.05) is 19.6 Å². The highest BCUT2D eigenvalue weighted by Gasteiger charge is 2.25. The fourth-order valence-corrected chi connectivity index (χ4v) is 2.08. The molecule has 0 saturated carbocycles. The van der Waals surface area contributed by atoms with Crippen LogP contribution in [0.5, 0.6) is 0 Å². The molecule has 23 heavy (non-hydrogen) atoms. The maximum Gasteiger partial charge on any atom is 0.227 e. The van der Waals surface area contributed by atoms with Crippen molar-refractivity contribution in [2.45, 2.75) is 40.8 Å². The lowest BCUT2D eigenvalue weighted by Gasteiger charge is -2.23. The zero-order chi connectivity index (χ0) is 15.9. The molecule has 3 N–H and O–H groups in total. The van der Waals surface area contributed by atoms with E-state index in [1.54, 1.807) is 0 Å². The molecule has 0 aliphatic carbocycles. The van der Waals surface area contributed by atoms with Gasteiger partial charge in [0.2, 0.25) is 5.91 Å². The third kappa shape index (κ3) is 7.53. The standard InChI is InChI=1S/C17H29N3O.2ClH/c1-5-20(6-2)12-15-10-8-7-9-14(15)11-19-16(21)17(3,4)13-18;;/h7-10H,5-6,11-13,18H2,1-4H3,(H,19,21);2*1H. The molecular weight excluding hydrogens is 333 g/mol. The van der Waals surface area contributed by atoms with E-state index < -0.39 is 5.41 Å². The van der Waals surface area contributed by atoms with Gasteiger partial charge in [0.05, 0.1) is 5.41 Å². The quantitative estimate of drug-likeness (QED) is 0.746. The van der Waals surface area contributed by atoms with Crippen LogP contribution in [0.1, 0.15) is 38.8 Å². The van der Waals surface area contributed by atoms with Crippen LogP contribution in [0.3, 0.4) is 0 Å². The first-order chi connectivity index (χ1) is 9.94. The Morgan fingerprint density at radius 1 is 1.13 bits per heavy atom. The number of hydrogen-bond donors (Lipinski definition) is 2. The average Bonchev–Trinajstić information content (AvgIpc) is 2.50. The van der Waals surface area contributed by atoms with Gasteiger partial charge in [0.1, 0.15) is 0 Å². The number of benzene rings is 1. The lowest BCUT2D eigenvalue weighted by molar-refractivity contribution is -0.129. The van der Waals surface area contributed by atoms with Crippen molar-refractivity contribution in [3.8, 4) is 0 Å². The number of nitrogens with two attached hydrogens (primary N) is 1. The molecule has 0 aromatic heterocycles. The molecule has 6 heteroatoms. The Bertz CT molecular complexity index is 463. The number of hydrogen-bond acceptors (Lipinski definition) is 3. The number of carbonyl (C=O) groups is 1. The summed E-state index contributed by atoms with van der Waals surface area (Å²) in [6.07, 6.45) is 0. The summed E-state index contributed by atoms with van der Waals surface area (Å²) in [5, 5.41) is 3.00. The third-order valence-corrected chi connectivity index (χ3v) is 3.97. The highest BCUT2D eigenvalue weighted by Crippen LogP contribution is 2.15. The van der Waals surface area contributed by atoms with E-state index in [-0.39, 0.29) is 30.7 Å². The van der Waals surface area contributed by atoms with Crippen LogP contribution in [0.25, 0.3) is 0 Å². The summed E-state index contributed by atoms with van der Waals surface area (Å²) >= 11 is 0. The van der Waals surface area contributed by atoms with Crippen LogP contribution in [0.15, 0.2) is 24.3 Å². The highest BCUT2D eigenvalue weighted by molar-refractivity contribution is 5.85. The highest BCUT2D eigenvalue weighted by atomic mass is 35.5. The SMILES string of the molecule is CCN(CC)Cc1ccccc1CNC(=O)C(C)(C)CN.Cl.Cl. The molecule has 134 valence electrons. The molecule has 0 fully saturated rings. The van der Waals surface area contributed by atoms with Gasteiger partial charge in [-0.05, 0) is 38.1 Å². The Labute approximate surface area is 153 Å². The second kappa shape index (κ2) is 11.7. The predicted molar refractivity (Wildman–Crippen MR) is 102 cm³/mol. The van der Waals surface area contributed by atoms with Crippen molar-refractivity contribution in [3.05, 3.63) is 35.4 Å². The molecule has 1 rings (SSSR count). The number of nitrogens with zero attached hydrogens (tertiary/aromatic N) is 1. The van der Waals surface area contributed by atoms with Gasteiger partial charge < -0.3 is 11.1 Å². The number of rotatable bonds is 8. The summed E-state index contributed by atoms with van der Waals surface area (Å²) in [7, 11) is 0. The minimum absolute atomic E-state index is 0. The molecule has 1 amide bonds. The van der Waals surface area contributed by atoms with E-state index in [4.69, 9.17) is 5.73 Å². The molecule has 0 radical (unpaired) electrons. The Morgan fingerprint density at radius 2 is 1.65 bits per heavy atom. The van der Waals surface area contributed by atoms with Crippen molar-refractivity contribution in [2.24, 2.45) is 11.1 Å². The van der Waals surface area contributed by atoms with Crippen molar-refractivity contribution in [2.75, 3.05) is 19.6 Å². The Hall–Kier alpha value is -0.810. The van der Waals surface area contributed by atoms with Gasteiger partial charge in [-0.2, -0.15) is 0 Å². The maximum absolute atomic E-state index is 12.1. The number of nitrogens with one attached hydrogen (secondary N) is 1. The topological polar surface area (TPSA) is 58.4 Å². The summed E-state index contributed by atoms with van der Waals surface area (Å²) < 4.78 is 0. The normalized spacial score (nSPS) is 10.7. The van der Waals surface area contributed by atoms with Crippen molar-refractivity contribution in [1.82, 2.24) is 10.2 Å². The third-order valence-electron chi connectivity index (χ3n) is 3.97. The van der Waals surface area contributed by atoms with Gasteiger partial charge in [-0.3, -0.25) is 9.69 Å². The van der Waals surface area contributed by atoms with Gasteiger partial charge in [-0.25, -0.2) is 0 Å². The van der Waals surface area contributed by atoms with Gasteiger partial charge in [-0.1, -0.05) is 38.1 Å². The second-order valence-corrected chi connectivity index (χ2v) is 6.00. The van der Waals surface area contributed by atoms with E-state index in [2.05, 4.69) is 36.2 Å². The lowest BCUT2D eigenvalue weighted by atomic mass is 9.92. The largest absolute Gasteiger partial charge is 0.352 e.